The van der Waals surface area contributed by atoms with Crippen LogP contribution in [0.4, 0.5) is 4.39 Å². The zero-order chi connectivity index (χ0) is 14.8. The maximum atomic E-state index is 14.0. The molecule has 1 aromatic carbocycles. The smallest absolute Gasteiger partial charge is 0.126 e. The van der Waals surface area contributed by atoms with Gasteiger partial charge < -0.3 is 5.32 Å². The number of nitrogens with zero attached hydrogens (tertiary/aromatic N) is 1. The molecule has 2 heterocycles. The minimum Gasteiger partial charge on any atom is -0.314 e. The van der Waals surface area contributed by atoms with Crippen LogP contribution in [0.15, 0.2) is 30.3 Å². The van der Waals surface area contributed by atoms with E-state index in [1.807, 2.05) is 18.2 Å². The molecule has 5 heteroatoms. The predicted octanol–water partition coefficient (Wildman–Crippen LogP) is 3.84. The van der Waals surface area contributed by atoms with Crippen molar-refractivity contribution in [1.82, 2.24) is 10.2 Å². The van der Waals surface area contributed by atoms with Crippen LogP contribution in [0.1, 0.15) is 22.0 Å². The van der Waals surface area contributed by atoms with Crippen molar-refractivity contribution in [1.29, 1.82) is 0 Å². The van der Waals surface area contributed by atoms with E-state index in [0.717, 1.165) is 36.1 Å². The topological polar surface area (TPSA) is 15.3 Å². The first-order chi connectivity index (χ1) is 10.1. The maximum Gasteiger partial charge on any atom is 0.126 e. The molecule has 21 heavy (non-hydrogen) atoms. The largest absolute Gasteiger partial charge is 0.314 e. The molecular weight excluding hydrogens is 307 g/mol. The second-order valence-electron chi connectivity index (χ2n) is 5.34. The third-order valence-corrected chi connectivity index (χ3v) is 5.18. The SMILES string of the molecule is Cc1ccc([C@H](c2ccc(Cl)s2)N2CCNCC2)cc1F. The highest BCUT2D eigenvalue weighted by Crippen LogP contribution is 2.35. The van der Waals surface area contributed by atoms with Crippen molar-refractivity contribution in [3.63, 3.8) is 0 Å². The van der Waals surface area contributed by atoms with E-state index in [9.17, 15) is 4.39 Å². The molecule has 0 unspecified atom stereocenters. The Balaban J connectivity index is 2.00. The number of thiophene rings is 1. The maximum absolute atomic E-state index is 14.0. The highest BCUT2D eigenvalue weighted by molar-refractivity contribution is 7.16. The fourth-order valence-corrected chi connectivity index (χ4v) is 3.97. The van der Waals surface area contributed by atoms with Crippen molar-refractivity contribution in [3.05, 3.63) is 56.5 Å². The van der Waals surface area contributed by atoms with Gasteiger partial charge in [0.2, 0.25) is 0 Å². The fraction of sp³-hybridized carbons (Fsp3) is 0.375. The molecule has 1 fully saturated rings. The molecule has 1 aliphatic heterocycles. The third kappa shape index (κ3) is 3.29. The van der Waals surface area contributed by atoms with Crippen molar-refractivity contribution in [2.75, 3.05) is 26.2 Å². The predicted molar refractivity (Wildman–Crippen MR) is 86.8 cm³/mol. The van der Waals surface area contributed by atoms with Crippen LogP contribution >= 0.6 is 22.9 Å². The highest BCUT2D eigenvalue weighted by atomic mass is 35.5. The van der Waals surface area contributed by atoms with Gasteiger partial charge in [-0.3, -0.25) is 4.90 Å². The molecule has 1 aromatic heterocycles. The van der Waals surface area contributed by atoms with Crippen LogP contribution in [-0.4, -0.2) is 31.1 Å². The summed E-state index contributed by atoms with van der Waals surface area (Å²) in [6.45, 7) is 5.63. The summed E-state index contributed by atoms with van der Waals surface area (Å²) >= 11 is 7.68. The molecule has 0 radical (unpaired) electrons. The number of hydrogen-bond donors (Lipinski definition) is 1. The lowest BCUT2D eigenvalue weighted by Crippen LogP contribution is -2.45. The molecule has 1 N–H and O–H groups in total. The number of aryl methyl sites for hydroxylation is 1. The van der Waals surface area contributed by atoms with Crippen molar-refractivity contribution in [2.24, 2.45) is 0 Å². The summed E-state index contributed by atoms with van der Waals surface area (Å²) in [5.74, 6) is -0.143. The van der Waals surface area contributed by atoms with Crippen molar-refractivity contribution < 1.29 is 4.39 Å². The second-order valence-corrected chi connectivity index (χ2v) is 7.09. The van der Waals surface area contributed by atoms with Crippen LogP contribution in [0.25, 0.3) is 0 Å². The Morgan fingerprint density at radius 1 is 1.24 bits per heavy atom. The Bertz CT molecular complexity index is 622. The molecule has 112 valence electrons. The van der Waals surface area contributed by atoms with Crippen LogP contribution in [0.3, 0.4) is 0 Å². The molecule has 0 spiro atoms. The summed E-state index contributed by atoms with van der Waals surface area (Å²) in [5, 5.41) is 3.36. The van der Waals surface area contributed by atoms with Gasteiger partial charge in [-0.25, -0.2) is 4.39 Å². The van der Waals surface area contributed by atoms with Crippen LogP contribution in [0.5, 0.6) is 0 Å². The average Bonchev–Trinajstić information content (AvgIpc) is 2.90. The van der Waals surface area contributed by atoms with Gasteiger partial charge in [-0.05, 0) is 36.2 Å². The summed E-state index contributed by atoms with van der Waals surface area (Å²) in [7, 11) is 0. The van der Waals surface area contributed by atoms with Gasteiger partial charge in [-0.15, -0.1) is 11.3 Å². The summed E-state index contributed by atoms with van der Waals surface area (Å²) < 4.78 is 14.7. The van der Waals surface area contributed by atoms with Crippen LogP contribution < -0.4 is 5.32 Å². The van der Waals surface area contributed by atoms with Gasteiger partial charge in [0, 0.05) is 31.1 Å². The monoisotopic (exact) mass is 324 g/mol. The molecule has 0 saturated carbocycles. The van der Waals surface area contributed by atoms with Gasteiger partial charge in [-0.1, -0.05) is 23.7 Å². The zero-order valence-corrected chi connectivity index (χ0v) is 13.5. The third-order valence-electron chi connectivity index (χ3n) is 3.89. The fourth-order valence-electron chi connectivity index (χ4n) is 2.75. The molecule has 1 aliphatic rings. The van der Waals surface area contributed by atoms with Crippen LogP contribution in [-0.2, 0) is 0 Å². The van der Waals surface area contributed by atoms with Crippen molar-refractivity contribution in [3.8, 4) is 0 Å². The van der Waals surface area contributed by atoms with Gasteiger partial charge >= 0.3 is 0 Å². The standard InChI is InChI=1S/C16H18ClFN2S/c1-11-2-3-12(10-13(11)18)16(14-4-5-15(17)21-14)20-8-6-19-7-9-20/h2-5,10,16,19H,6-9H2,1H3/t16-/m1/s1. The normalized spacial score (nSPS) is 17.9. The first kappa shape index (κ1) is 15.0. The van der Waals surface area contributed by atoms with E-state index in [-0.39, 0.29) is 11.9 Å². The summed E-state index contributed by atoms with van der Waals surface area (Å²) in [5.41, 5.74) is 1.68. The van der Waals surface area contributed by atoms with Gasteiger partial charge in [0.1, 0.15) is 5.82 Å². The minimum atomic E-state index is -0.143. The summed E-state index contributed by atoms with van der Waals surface area (Å²) in [6.07, 6.45) is 0. The summed E-state index contributed by atoms with van der Waals surface area (Å²) in [4.78, 5) is 3.56. The molecule has 1 atom stereocenters. The lowest BCUT2D eigenvalue weighted by atomic mass is 10.0. The van der Waals surface area contributed by atoms with Crippen LogP contribution in [0.2, 0.25) is 4.34 Å². The number of benzene rings is 1. The van der Waals surface area contributed by atoms with E-state index in [2.05, 4.69) is 16.3 Å². The van der Waals surface area contributed by atoms with E-state index in [4.69, 9.17) is 11.6 Å². The number of halogens is 2. The highest BCUT2D eigenvalue weighted by Gasteiger charge is 2.25. The van der Waals surface area contributed by atoms with E-state index in [1.54, 1.807) is 24.3 Å². The quantitative estimate of drug-likeness (QED) is 0.922. The second kappa shape index (κ2) is 6.44. The number of hydrogen-bond acceptors (Lipinski definition) is 3. The molecule has 1 saturated heterocycles. The number of nitrogens with one attached hydrogen (secondary N) is 1. The zero-order valence-electron chi connectivity index (χ0n) is 11.9. The van der Waals surface area contributed by atoms with Gasteiger partial charge in [0.15, 0.2) is 0 Å². The lowest BCUT2D eigenvalue weighted by Gasteiger charge is -2.34. The first-order valence-corrected chi connectivity index (χ1v) is 8.30. The molecule has 2 nitrogen and oxygen atoms in total. The Kier molecular flexibility index (Phi) is 4.60. The molecule has 0 bridgehead atoms. The van der Waals surface area contributed by atoms with Gasteiger partial charge in [-0.2, -0.15) is 0 Å². The van der Waals surface area contributed by atoms with E-state index < -0.39 is 0 Å². The number of rotatable bonds is 3. The van der Waals surface area contributed by atoms with E-state index in [1.165, 1.54) is 4.88 Å². The van der Waals surface area contributed by atoms with E-state index >= 15 is 0 Å². The van der Waals surface area contributed by atoms with Gasteiger partial charge in [0.25, 0.3) is 0 Å². The molecule has 3 rings (SSSR count). The summed E-state index contributed by atoms with van der Waals surface area (Å²) in [6, 6.07) is 9.60. The van der Waals surface area contributed by atoms with Crippen molar-refractivity contribution in [2.45, 2.75) is 13.0 Å². The Morgan fingerprint density at radius 3 is 2.62 bits per heavy atom. The molecule has 0 amide bonds. The Morgan fingerprint density at radius 2 is 2.00 bits per heavy atom. The average molecular weight is 325 g/mol. The lowest BCUT2D eigenvalue weighted by molar-refractivity contribution is 0.200. The molecule has 0 aliphatic carbocycles. The first-order valence-electron chi connectivity index (χ1n) is 7.11. The molecule has 2 aromatic rings. The Labute approximate surface area is 133 Å². The van der Waals surface area contributed by atoms with Crippen molar-refractivity contribution >= 4 is 22.9 Å². The van der Waals surface area contributed by atoms with E-state index in [0.29, 0.717) is 5.56 Å². The number of piperazine rings is 1. The van der Waals surface area contributed by atoms with Crippen LogP contribution in [0, 0.1) is 12.7 Å². The minimum absolute atomic E-state index is 0.0831. The Hall–Kier alpha value is -0.940. The molecular formula is C16H18ClFN2S. The van der Waals surface area contributed by atoms with Gasteiger partial charge in [0.05, 0.1) is 10.4 Å².